The number of nitrogens with zero attached hydrogens (tertiary/aromatic N) is 1. The molecule has 0 saturated heterocycles. The molecule has 0 unspecified atom stereocenters. The Morgan fingerprint density at radius 1 is 1.47 bits per heavy atom. The van der Waals surface area contributed by atoms with Crippen LogP contribution in [0, 0.1) is 0 Å². The molecule has 0 bridgehead atoms. The molecular weight excluding hydrogens is 211 g/mol. The zero-order valence-corrected chi connectivity index (χ0v) is 7.72. The van der Waals surface area contributed by atoms with Gasteiger partial charge in [-0.3, -0.25) is 5.32 Å². The van der Waals surface area contributed by atoms with Crippen molar-refractivity contribution in [1.29, 1.82) is 0 Å². The Morgan fingerprint density at radius 2 is 2.13 bits per heavy atom. The number of halogens is 3. The fourth-order valence-corrected chi connectivity index (χ4v) is 0.854. The van der Waals surface area contributed by atoms with Crippen molar-refractivity contribution < 1.29 is 18.0 Å². The topological polar surface area (TPSA) is 54.0 Å². The van der Waals surface area contributed by atoms with Gasteiger partial charge in [0.25, 0.3) is 0 Å². The van der Waals surface area contributed by atoms with Crippen LogP contribution in [0.2, 0.25) is 0 Å². The van der Waals surface area contributed by atoms with Gasteiger partial charge >= 0.3 is 12.2 Å². The van der Waals surface area contributed by atoms with E-state index in [0.717, 1.165) is 18.3 Å². The molecule has 0 aromatic carbocycles. The number of nitrogens with one attached hydrogen (secondary N) is 2. The second kappa shape index (κ2) is 4.16. The maximum atomic E-state index is 12.2. The van der Waals surface area contributed by atoms with Crippen molar-refractivity contribution in [1.82, 2.24) is 10.3 Å². The molecule has 0 atom stereocenters. The zero-order chi connectivity index (χ0) is 11.5. The minimum absolute atomic E-state index is 0.149. The highest BCUT2D eigenvalue weighted by atomic mass is 19.4. The van der Waals surface area contributed by atoms with Gasteiger partial charge in [0, 0.05) is 13.2 Å². The van der Waals surface area contributed by atoms with Crippen LogP contribution < -0.4 is 10.6 Å². The molecule has 2 N–H and O–H groups in total. The summed E-state index contributed by atoms with van der Waals surface area (Å²) in [5, 5.41) is 4.34. The average molecular weight is 219 g/mol. The molecule has 82 valence electrons. The molecule has 2 amide bonds. The van der Waals surface area contributed by atoms with Gasteiger partial charge < -0.3 is 5.32 Å². The van der Waals surface area contributed by atoms with Gasteiger partial charge in [-0.15, -0.1) is 0 Å². The van der Waals surface area contributed by atoms with Crippen LogP contribution >= 0.6 is 0 Å². The third-order valence-electron chi connectivity index (χ3n) is 1.56. The molecule has 4 nitrogen and oxygen atoms in total. The van der Waals surface area contributed by atoms with Gasteiger partial charge in [0.2, 0.25) is 0 Å². The molecule has 1 heterocycles. The molecule has 0 saturated carbocycles. The number of carbonyl (C=O) groups excluding carboxylic acids is 1. The van der Waals surface area contributed by atoms with Crippen LogP contribution in [-0.2, 0) is 6.18 Å². The first-order valence-corrected chi connectivity index (χ1v) is 3.95. The highest BCUT2D eigenvalue weighted by Gasteiger charge is 2.30. The van der Waals surface area contributed by atoms with Crippen molar-refractivity contribution in [2.45, 2.75) is 6.18 Å². The molecule has 1 aromatic rings. The van der Waals surface area contributed by atoms with E-state index in [1.165, 1.54) is 7.05 Å². The lowest BCUT2D eigenvalue weighted by molar-refractivity contribution is -0.137. The fourth-order valence-electron chi connectivity index (χ4n) is 0.854. The molecule has 1 rings (SSSR count). The molecular formula is C8H8F3N3O. The van der Waals surface area contributed by atoms with Crippen molar-refractivity contribution in [2.24, 2.45) is 0 Å². The number of carbonyl (C=O) groups is 1. The van der Waals surface area contributed by atoms with Gasteiger partial charge in [0.15, 0.2) is 0 Å². The predicted octanol–water partition coefficient (Wildman–Crippen LogP) is 1.85. The van der Waals surface area contributed by atoms with Crippen LogP contribution in [0.15, 0.2) is 18.3 Å². The summed E-state index contributed by atoms with van der Waals surface area (Å²) in [4.78, 5) is 14.4. The molecule has 1 aromatic heterocycles. The molecule has 0 spiro atoms. The van der Waals surface area contributed by atoms with Crippen LogP contribution in [0.1, 0.15) is 5.56 Å². The SMILES string of the molecule is CNC(=O)Nc1cc(C(F)(F)F)ccn1. The van der Waals surface area contributed by atoms with Gasteiger partial charge in [-0.1, -0.05) is 0 Å². The van der Waals surface area contributed by atoms with Gasteiger partial charge in [-0.25, -0.2) is 9.78 Å². The Labute approximate surface area is 83.5 Å². The third-order valence-corrected chi connectivity index (χ3v) is 1.56. The minimum Gasteiger partial charge on any atom is -0.341 e. The van der Waals surface area contributed by atoms with E-state index in [-0.39, 0.29) is 5.82 Å². The van der Waals surface area contributed by atoms with Crippen molar-refractivity contribution in [2.75, 3.05) is 12.4 Å². The van der Waals surface area contributed by atoms with Gasteiger partial charge in [-0.2, -0.15) is 13.2 Å². The lowest BCUT2D eigenvalue weighted by Crippen LogP contribution is -2.25. The summed E-state index contributed by atoms with van der Waals surface area (Å²) in [6.07, 6.45) is -3.46. The van der Waals surface area contributed by atoms with Crippen molar-refractivity contribution >= 4 is 11.8 Å². The van der Waals surface area contributed by atoms with E-state index >= 15 is 0 Å². The minimum atomic E-state index is -4.44. The molecule has 0 fully saturated rings. The van der Waals surface area contributed by atoms with Crippen LogP contribution in [0.25, 0.3) is 0 Å². The number of hydrogen-bond acceptors (Lipinski definition) is 2. The molecule has 7 heteroatoms. The lowest BCUT2D eigenvalue weighted by atomic mass is 10.2. The summed E-state index contributed by atoms with van der Waals surface area (Å²) >= 11 is 0. The van der Waals surface area contributed by atoms with Crippen LogP contribution in [-0.4, -0.2) is 18.1 Å². The van der Waals surface area contributed by atoms with Gasteiger partial charge in [-0.05, 0) is 12.1 Å². The number of anilines is 1. The van der Waals surface area contributed by atoms with E-state index in [2.05, 4.69) is 15.6 Å². The molecule has 0 aliphatic heterocycles. The summed E-state index contributed by atoms with van der Waals surface area (Å²) in [6.45, 7) is 0. The highest BCUT2D eigenvalue weighted by molar-refractivity contribution is 5.87. The number of pyridine rings is 1. The van der Waals surface area contributed by atoms with Crippen LogP contribution in [0.5, 0.6) is 0 Å². The number of amides is 2. The summed E-state index contributed by atoms with van der Waals surface area (Å²) in [5.41, 5.74) is -0.857. The molecule has 15 heavy (non-hydrogen) atoms. The first-order valence-electron chi connectivity index (χ1n) is 3.95. The normalized spacial score (nSPS) is 10.9. The number of hydrogen-bond donors (Lipinski definition) is 2. The maximum Gasteiger partial charge on any atom is 0.416 e. The van der Waals surface area contributed by atoms with Crippen molar-refractivity contribution in [3.63, 3.8) is 0 Å². The first-order chi connectivity index (χ1) is 6.93. The Bertz CT molecular complexity index is 364. The van der Waals surface area contributed by atoms with Gasteiger partial charge in [0.05, 0.1) is 5.56 Å². The standard InChI is InChI=1S/C8H8F3N3O/c1-12-7(15)14-6-4-5(2-3-13-6)8(9,10)11/h2-4H,1H3,(H2,12,13,14,15). The van der Waals surface area contributed by atoms with E-state index in [1.54, 1.807) is 0 Å². The monoisotopic (exact) mass is 219 g/mol. The van der Waals surface area contributed by atoms with Crippen LogP contribution in [0.3, 0.4) is 0 Å². The second-order valence-electron chi connectivity index (χ2n) is 2.63. The first kappa shape index (κ1) is 11.3. The van der Waals surface area contributed by atoms with Crippen molar-refractivity contribution in [3.05, 3.63) is 23.9 Å². The van der Waals surface area contributed by atoms with E-state index < -0.39 is 17.8 Å². The second-order valence-corrected chi connectivity index (χ2v) is 2.63. The Morgan fingerprint density at radius 3 is 2.67 bits per heavy atom. The Hall–Kier alpha value is -1.79. The Balaban J connectivity index is 2.88. The maximum absolute atomic E-state index is 12.2. The van der Waals surface area contributed by atoms with Crippen LogP contribution in [0.4, 0.5) is 23.8 Å². The summed E-state index contributed by atoms with van der Waals surface area (Å²) in [7, 11) is 1.35. The summed E-state index contributed by atoms with van der Waals surface area (Å²) in [5.74, 6) is -0.149. The average Bonchev–Trinajstić information content (AvgIpc) is 2.17. The quantitative estimate of drug-likeness (QED) is 0.757. The van der Waals surface area contributed by atoms with E-state index in [4.69, 9.17) is 0 Å². The van der Waals surface area contributed by atoms with Gasteiger partial charge in [0.1, 0.15) is 5.82 Å². The number of rotatable bonds is 1. The summed E-state index contributed by atoms with van der Waals surface area (Å²) in [6, 6.07) is 0.964. The third kappa shape index (κ3) is 3.12. The van der Waals surface area contributed by atoms with Crippen molar-refractivity contribution in [3.8, 4) is 0 Å². The lowest BCUT2D eigenvalue weighted by Gasteiger charge is -2.08. The van der Waals surface area contributed by atoms with E-state index in [9.17, 15) is 18.0 Å². The number of alkyl halides is 3. The highest BCUT2D eigenvalue weighted by Crippen LogP contribution is 2.29. The zero-order valence-electron chi connectivity index (χ0n) is 7.72. The van der Waals surface area contributed by atoms with E-state index in [1.807, 2.05) is 0 Å². The molecule has 0 aliphatic rings. The largest absolute Gasteiger partial charge is 0.416 e. The Kier molecular flexibility index (Phi) is 3.13. The van der Waals surface area contributed by atoms with E-state index in [0.29, 0.717) is 0 Å². The molecule has 0 radical (unpaired) electrons. The molecule has 0 aliphatic carbocycles. The predicted molar refractivity (Wildman–Crippen MR) is 47.3 cm³/mol. The smallest absolute Gasteiger partial charge is 0.341 e. The summed E-state index contributed by atoms with van der Waals surface area (Å²) < 4.78 is 36.7. The fraction of sp³-hybridized carbons (Fsp3) is 0.250. The number of aromatic nitrogens is 1. The number of urea groups is 1.